The van der Waals surface area contributed by atoms with E-state index >= 15 is 0 Å². The average molecular weight is 534 g/mol. The molecule has 1 aliphatic heterocycles. The molecule has 0 amide bonds. The fraction of sp³-hybridized carbons (Fsp3) is 0.148. The van der Waals surface area contributed by atoms with Gasteiger partial charge in [-0.3, -0.25) is 0 Å². The van der Waals surface area contributed by atoms with Crippen LogP contribution >= 0.6 is 22.6 Å². The van der Waals surface area contributed by atoms with Gasteiger partial charge >= 0.3 is 0 Å². The summed E-state index contributed by atoms with van der Waals surface area (Å²) in [7, 11) is 1.67. The summed E-state index contributed by atoms with van der Waals surface area (Å²) in [5, 5.41) is 2.52. The van der Waals surface area contributed by atoms with Crippen molar-refractivity contribution in [2.45, 2.75) is 12.5 Å². The van der Waals surface area contributed by atoms with E-state index in [1.54, 1.807) is 7.11 Å². The van der Waals surface area contributed by atoms with Crippen LogP contribution in [0.4, 0.5) is 11.4 Å². The Morgan fingerprint density at radius 3 is 2.31 bits per heavy atom. The third-order valence-corrected chi connectivity index (χ3v) is 6.10. The first-order chi connectivity index (χ1) is 15.7. The molecule has 1 heterocycles. The first-order valence-corrected chi connectivity index (χ1v) is 12.1. The first-order valence-electron chi connectivity index (χ1n) is 10.5. The summed E-state index contributed by atoms with van der Waals surface area (Å²) >= 11 is 2.21. The number of alkyl halides is 1. The van der Waals surface area contributed by atoms with Crippen molar-refractivity contribution in [2.75, 3.05) is 16.6 Å². The number of aliphatic imine (C=N–C) groups is 1. The number of amidine groups is 1. The van der Waals surface area contributed by atoms with Crippen LogP contribution in [0.5, 0.6) is 11.5 Å². The maximum absolute atomic E-state index is 5.62. The third kappa shape index (κ3) is 4.17. The van der Waals surface area contributed by atoms with Crippen molar-refractivity contribution in [3.8, 4) is 11.5 Å². The predicted octanol–water partition coefficient (Wildman–Crippen LogP) is 7.30. The molecule has 1 saturated heterocycles. The van der Waals surface area contributed by atoms with Crippen LogP contribution in [-0.4, -0.2) is 17.6 Å². The Morgan fingerprint density at radius 1 is 0.875 bits per heavy atom. The molecule has 0 aliphatic carbocycles. The van der Waals surface area contributed by atoms with Crippen LogP contribution in [0.1, 0.15) is 18.0 Å². The lowest BCUT2D eigenvalue weighted by molar-refractivity contribution is 0.404. The molecule has 4 nitrogen and oxygen atoms in total. The van der Waals surface area contributed by atoms with Gasteiger partial charge in [0.05, 0.1) is 18.8 Å². The lowest BCUT2D eigenvalue weighted by Crippen LogP contribution is -2.46. The molecule has 0 aromatic heterocycles. The van der Waals surface area contributed by atoms with Gasteiger partial charge in [0.25, 0.3) is 0 Å². The van der Waals surface area contributed by atoms with Gasteiger partial charge < -0.3 is 14.4 Å². The van der Waals surface area contributed by atoms with E-state index in [1.807, 2.05) is 36.4 Å². The molecule has 4 aromatic rings. The molecule has 0 spiro atoms. The van der Waals surface area contributed by atoms with E-state index in [2.05, 4.69) is 82.1 Å². The van der Waals surface area contributed by atoms with Gasteiger partial charge in [0.2, 0.25) is 0 Å². The number of halogens is 1. The number of methoxy groups -OCH3 is 1. The summed E-state index contributed by atoms with van der Waals surface area (Å²) in [6.45, 7) is 0. The quantitative estimate of drug-likeness (QED) is 0.192. The standard InChI is InChI=1S/C27H23IN2O2/c1-31-24-12-8-22(9-13-24)29-27-17-26(21-7-6-19-4-2-3-5-20(19)16-21)30(27)23-10-14-25(15-11-23)32-18-28/h2-16,26H,17-18H2,1H3. The number of fused-ring (bicyclic) bond motifs is 1. The molecule has 32 heavy (non-hydrogen) atoms. The molecule has 1 unspecified atom stereocenters. The van der Waals surface area contributed by atoms with E-state index < -0.39 is 0 Å². The Morgan fingerprint density at radius 2 is 1.59 bits per heavy atom. The van der Waals surface area contributed by atoms with Crippen LogP contribution < -0.4 is 14.4 Å². The number of nitrogens with zero attached hydrogens (tertiary/aromatic N) is 2. The lowest BCUT2D eigenvalue weighted by atomic mass is 9.91. The van der Waals surface area contributed by atoms with E-state index in [1.165, 1.54) is 16.3 Å². The summed E-state index contributed by atoms with van der Waals surface area (Å²) < 4.78 is 11.5. The summed E-state index contributed by atoms with van der Waals surface area (Å²) in [5.74, 6) is 2.76. The lowest BCUT2D eigenvalue weighted by Gasteiger charge is -2.44. The summed E-state index contributed by atoms with van der Waals surface area (Å²) in [4.78, 5) is 7.27. The molecule has 5 heteroatoms. The van der Waals surface area contributed by atoms with Gasteiger partial charge in [0.15, 0.2) is 0 Å². The van der Waals surface area contributed by atoms with Gasteiger partial charge in [-0.05, 0) is 93.5 Å². The maximum atomic E-state index is 5.62. The molecule has 0 radical (unpaired) electrons. The number of benzene rings is 4. The van der Waals surface area contributed by atoms with E-state index in [-0.39, 0.29) is 6.04 Å². The highest BCUT2D eigenvalue weighted by Gasteiger charge is 2.36. The van der Waals surface area contributed by atoms with Crippen LogP contribution in [0.15, 0.2) is 96.0 Å². The second kappa shape index (κ2) is 9.20. The van der Waals surface area contributed by atoms with Crippen molar-refractivity contribution in [3.05, 3.63) is 96.6 Å². The molecular formula is C27H23IN2O2. The zero-order chi connectivity index (χ0) is 21.9. The van der Waals surface area contributed by atoms with Gasteiger partial charge in [0, 0.05) is 12.1 Å². The molecule has 5 rings (SSSR count). The van der Waals surface area contributed by atoms with Crippen molar-refractivity contribution in [3.63, 3.8) is 0 Å². The van der Waals surface area contributed by atoms with Crippen molar-refractivity contribution in [1.82, 2.24) is 0 Å². The second-order valence-electron chi connectivity index (χ2n) is 7.67. The Hall–Kier alpha value is -3.06. The van der Waals surface area contributed by atoms with Gasteiger partial charge in [0.1, 0.15) is 21.9 Å². The van der Waals surface area contributed by atoms with Crippen molar-refractivity contribution in [2.24, 2.45) is 4.99 Å². The SMILES string of the molecule is COc1ccc(N=C2CC(c3ccc4ccccc4c3)N2c2ccc(OCI)cc2)cc1. The summed E-state index contributed by atoms with van der Waals surface area (Å²) in [6.07, 6.45) is 0.885. The number of rotatable bonds is 6. The van der Waals surface area contributed by atoms with E-state index in [0.717, 1.165) is 35.1 Å². The van der Waals surface area contributed by atoms with Gasteiger partial charge in [-0.25, -0.2) is 4.99 Å². The monoisotopic (exact) mass is 534 g/mol. The average Bonchev–Trinajstić information content (AvgIpc) is 2.83. The smallest absolute Gasteiger partial charge is 0.139 e. The topological polar surface area (TPSA) is 34.1 Å². The van der Waals surface area contributed by atoms with Gasteiger partial charge in [-0.15, -0.1) is 0 Å². The van der Waals surface area contributed by atoms with Gasteiger partial charge in [-0.1, -0.05) is 36.4 Å². The molecule has 160 valence electrons. The largest absolute Gasteiger partial charge is 0.497 e. The van der Waals surface area contributed by atoms with Crippen molar-refractivity contribution >= 4 is 50.6 Å². The third-order valence-electron chi connectivity index (χ3n) is 5.79. The highest BCUT2D eigenvalue weighted by molar-refractivity contribution is 14.1. The minimum atomic E-state index is 0.243. The Labute approximate surface area is 201 Å². The summed E-state index contributed by atoms with van der Waals surface area (Å²) in [6, 6.07) is 31.6. The molecule has 1 aliphatic rings. The minimum absolute atomic E-state index is 0.243. The van der Waals surface area contributed by atoms with Crippen LogP contribution in [0.25, 0.3) is 10.8 Å². The maximum Gasteiger partial charge on any atom is 0.139 e. The Bertz CT molecular complexity index is 1250. The number of hydrogen-bond acceptors (Lipinski definition) is 3. The molecule has 1 atom stereocenters. The van der Waals surface area contributed by atoms with E-state index in [0.29, 0.717) is 4.61 Å². The number of anilines is 1. The van der Waals surface area contributed by atoms with Gasteiger partial charge in [-0.2, -0.15) is 0 Å². The van der Waals surface area contributed by atoms with E-state index in [9.17, 15) is 0 Å². The molecule has 0 bridgehead atoms. The highest BCUT2D eigenvalue weighted by atomic mass is 127. The molecule has 0 N–H and O–H groups in total. The first kappa shape index (κ1) is 20.8. The highest BCUT2D eigenvalue weighted by Crippen LogP contribution is 2.42. The van der Waals surface area contributed by atoms with Crippen molar-refractivity contribution in [1.29, 1.82) is 0 Å². The van der Waals surface area contributed by atoms with Crippen LogP contribution in [0.3, 0.4) is 0 Å². The minimum Gasteiger partial charge on any atom is -0.497 e. The molecule has 1 fully saturated rings. The summed E-state index contributed by atoms with van der Waals surface area (Å²) in [5.41, 5.74) is 3.33. The molecule has 4 aromatic carbocycles. The Balaban J connectivity index is 1.50. The fourth-order valence-corrected chi connectivity index (χ4v) is 4.47. The molecular weight excluding hydrogens is 511 g/mol. The zero-order valence-electron chi connectivity index (χ0n) is 17.7. The van der Waals surface area contributed by atoms with Crippen LogP contribution in [-0.2, 0) is 0 Å². The fourth-order valence-electron chi connectivity index (χ4n) is 4.11. The zero-order valence-corrected chi connectivity index (χ0v) is 19.9. The number of hydrogen-bond donors (Lipinski definition) is 0. The normalized spacial score (nSPS) is 16.8. The van der Waals surface area contributed by atoms with Crippen molar-refractivity contribution < 1.29 is 9.47 Å². The predicted molar refractivity (Wildman–Crippen MR) is 140 cm³/mol. The Kier molecular flexibility index (Phi) is 5.99. The second-order valence-corrected chi connectivity index (χ2v) is 8.29. The van der Waals surface area contributed by atoms with E-state index in [4.69, 9.17) is 14.5 Å². The van der Waals surface area contributed by atoms with Crippen LogP contribution in [0, 0.1) is 0 Å². The van der Waals surface area contributed by atoms with Crippen LogP contribution in [0.2, 0.25) is 0 Å². The number of ether oxygens (including phenoxy) is 2. The molecule has 0 saturated carbocycles.